The van der Waals surface area contributed by atoms with Crippen LogP contribution >= 0.6 is 0 Å². The van der Waals surface area contributed by atoms with Gasteiger partial charge in [-0.1, -0.05) is 68.8 Å². The number of para-hydroxylation sites is 1. The summed E-state index contributed by atoms with van der Waals surface area (Å²) in [6, 6.07) is 16.5. The van der Waals surface area contributed by atoms with Gasteiger partial charge in [0, 0.05) is 55.9 Å². The Morgan fingerprint density at radius 3 is 2.37 bits per heavy atom. The van der Waals surface area contributed by atoms with E-state index >= 15 is 0 Å². The first kappa shape index (κ1) is 26.5. The Morgan fingerprint density at radius 2 is 1.69 bits per heavy atom. The second kappa shape index (κ2) is 12.0. The van der Waals surface area contributed by atoms with Gasteiger partial charge in [-0.3, -0.25) is 9.59 Å². The van der Waals surface area contributed by atoms with Gasteiger partial charge in [-0.25, -0.2) is 0 Å². The van der Waals surface area contributed by atoms with Gasteiger partial charge in [0.2, 0.25) is 11.8 Å². The minimum atomic E-state index is -0.556. The zero-order valence-corrected chi connectivity index (χ0v) is 21.8. The number of amides is 2. The van der Waals surface area contributed by atoms with Gasteiger partial charge in [0.1, 0.15) is 0 Å². The van der Waals surface area contributed by atoms with E-state index in [4.69, 9.17) is 4.74 Å². The smallest absolute Gasteiger partial charge is 0.242 e. The lowest BCUT2D eigenvalue weighted by molar-refractivity contribution is -0.146. The van der Waals surface area contributed by atoms with Gasteiger partial charge in [0.15, 0.2) is 0 Å². The Bertz CT molecular complexity index is 1110. The van der Waals surface area contributed by atoms with Crippen molar-refractivity contribution in [3.05, 3.63) is 71.4 Å². The molecule has 0 aliphatic rings. The van der Waals surface area contributed by atoms with Crippen LogP contribution in [0.25, 0.3) is 10.9 Å². The number of H-pyrrole nitrogens is 1. The lowest BCUT2D eigenvalue weighted by Crippen LogP contribution is -2.47. The molecule has 3 rings (SSSR count). The fraction of sp³-hybridized carbons (Fsp3) is 0.448. The Labute approximate surface area is 209 Å². The largest absolute Gasteiger partial charge is 0.385 e. The monoisotopic (exact) mass is 477 g/mol. The maximum absolute atomic E-state index is 13.6. The Morgan fingerprint density at radius 1 is 0.971 bits per heavy atom. The summed E-state index contributed by atoms with van der Waals surface area (Å²) in [7, 11) is 1.65. The summed E-state index contributed by atoms with van der Waals surface area (Å²) in [5, 5.41) is 1.18. The summed E-state index contributed by atoms with van der Waals surface area (Å²) in [6.45, 7) is 9.94. The first-order valence-corrected chi connectivity index (χ1v) is 12.4. The lowest BCUT2D eigenvalue weighted by Gasteiger charge is -2.31. The number of hydrogen-bond acceptors (Lipinski definition) is 3. The number of aromatic nitrogens is 1. The number of aryl methyl sites for hydroxylation is 1. The molecule has 1 aromatic heterocycles. The topological polar surface area (TPSA) is 65.6 Å². The van der Waals surface area contributed by atoms with E-state index in [2.05, 4.69) is 48.3 Å². The predicted molar refractivity (Wildman–Crippen MR) is 141 cm³/mol. The van der Waals surface area contributed by atoms with Crippen LogP contribution < -0.4 is 0 Å². The molecule has 0 spiro atoms. The number of rotatable bonds is 11. The zero-order valence-electron chi connectivity index (χ0n) is 21.8. The average molecular weight is 478 g/mol. The highest BCUT2D eigenvalue weighted by molar-refractivity contribution is 5.87. The molecule has 0 aliphatic carbocycles. The van der Waals surface area contributed by atoms with E-state index < -0.39 is 5.41 Å². The van der Waals surface area contributed by atoms with E-state index in [9.17, 15) is 9.59 Å². The van der Waals surface area contributed by atoms with Gasteiger partial charge in [0.05, 0.1) is 6.54 Å². The zero-order chi connectivity index (χ0) is 25.4. The van der Waals surface area contributed by atoms with Crippen molar-refractivity contribution in [1.82, 2.24) is 14.8 Å². The number of carbonyl (C=O) groups is 2. The molecule has 0 fully saturated rings. The van der Waals surface area contributed by atoms with E-state index in [1.165, 1.54) is 16.5 Å². The molecule has 1 N–H and O–H groups in total. The molecular weight excluding hydrogens is 438 g/mol. The number of nitrogens with one attached hydrogen (secondary N) is 1. The normalized spacial score (nSPS) is 11.6. The number of nitrogens with zero attached hydrogens (tertiary/aromatic N) is 2. The van der Waals surface area contributed by atoms with Crippen LogP contribution in [0.2, 0.25) is 0 Å². The van der Waals surface area contributed by atoms with Crippen molar-refractivity contribution in [2.75, 3.05) is 33.4 Å². The first-order valence-electron chi connectivity index (χ1n) is 12.4. The molecule has 2 amide bonds. The number of ether oxygens (including phenoxy) is 1. The predicted octanol–water partition coefficient (Wildman–Crippen LogP) is 4.96. The molecule has 0 saturated heterocycles. The number of methoxy groups -OCH3 is 1. The minimum absolute atomic E-state index is 0.0196. The second-order valence-electron chi connectivity index (χ2n) is 10.2. The summed E-state index contributed by atoms with van der Waals surface area (Å²) < 4.78 is 5.18. The van der Waals surface area contributed by atoms with Crippen LogP contribution in [0, 0.1) is 12.3 Å². The fourth-order valence-electron chi connectivity index (χ4n) is 4.19. The molecule has 3 aromatic rings. The SMILES string of the molecule is COCCCN(CC(=O)N(CCc1c[nH]c2ccccc12)Cc1ccc(C)cc1)C(=O)C(C)(C)C. The molecule has 35 heavy (non-hydrogen) atoms. The molecular formula is C29H39N3O3. The molecule has 0 radical (unpaired) electrons. The van der Waals surface area contributed by atoms with Crippen LogP contribution in [0.3, 0.4) is 0 Å². The van der Waals surface area contributed by atoms with Crippen molar-refractivity contribution in [3.8, 4) is 0 Å². The van der Waals surface area contributed by atoms with Crippen LogP contribution in [0.1, 0.15) is 43.9 Å². The van der Waals surface area contributed by atoms with Crippen molar-refractivity contribution in [3.63, 3.8) is 0 Å². The number of benzene rings is 2. The quantitative estimate of drug-likeness (QED) is 0.397. The molecule has 0 bridgehead atoms. The minimum Gasteiger partial charge on any atom is -0.385 e. The molecule has 0 aliphatic heterocycles. The highest BCUT2D eigenvalue weighted by Crippen LogP contribution is 2.20. The van der Waals surface area contributed by atoms with E-state index in [1.807, 2.05) is 44.0 Å². The van der Waals surface area contributed by atoms with Crippen LogP contribution in [-0.4, -0.2) is 59.9 Å². The average Bonchev–Trinajstić information content (AvgIpc) is 3.24. The van der Waals surface area contributed by atoms with Crippen molar-refractivity contribution >= 4 is 22.7 Å². The molecule has 188 valence electrons. The Hall–Kier alpha value is -3.12. The van der Waals surface area contributed by atoms with Crippen molar-refractivity contribution < 1.29 is 14.3 Å². The van der Waals surface area contributed by atoms with E-state index in [-0.39, 0.29) is 18.4 Å². The van der Waals surface area contributed by atoms with Gasteiger partial charge >= 0.3 is 0 Å². The molecule has 0 unspecified atom stereocenters. The fourth-order valence-corrected chi connectivity index (χ4v) is 4.19. The van der Waals surface area contributed by atoms with Crippen LogP contribution in [-0.2, 0) is 27.3 Å². The van der Waals surface area contributed by atoms with E-state index in [0.29, 0.717) is 32.7 Å². The Balaban J connectivity index is 1.79. The third-order valence-electron chi connectivity index (χ3n) is 6.20. The first-order chi connectivity index (χ1) is 16.7. The van der Waals surface area contributed by atoms with Gasteiger partial charge in [-0.05, 0) is 37.0 Å². The van der Waals surface area contributed by atoms with E-state index in [1.54, 1.807) is 12.0 Å². The standard InChI is InChI=1S/C29H39N3O3/c1-22-11-13-23(14-12-22)20-31(17-15-24-19-30-26-10-7-6-9-25(24)26)27(33)21-32(16-8-18-35-5)28(34)29(2,3)4/h6-7,9-14,19,30H,8,15-18,20-21H2,1-5H3. The molecule has 1 heterocycles. The Kier molecular flexibility index (Phi) is 9.10. The summed E-state index contributed by atoms with van der Waals surface area (Å²) in [6.07, 6.45) is 3.46. The van der Waals surface area contributed by atoms with Gasteiger partial charge in [-0.2, -0.15) is 0 Å². The number of hydrogen-bond donors (Lipinski definition) is 1. The van der Waals surface area contributed by atoms with Crippen molar-refractivity contribution in [1.29, 1.82) is 0 Å². The molecule has 0 saturated carbocycles. The van der Waals surface area contributed by atoms with Gasteiger partial charge in [-0.15, -0.1) is 0 Å². The number of aromatic amines is 1. The second-order valence-corrected chi connectivity index (χ2v) is 10.2. The van der Waals surface area contributed by atoms with E-state index in [0.717, 1.165) is 17.5 Å². The number of carbonyl (C=O) groups excluding carboxylic acids is 2. The van der Waals surface area contributed by atoms with Gasteiger partial charge in [0.25, 0.3) is 0 Å². The maximum Gasteiger partial charge on any atom is 0.242 e. The van der Waals surface area contributed by atoms with Crippen molar-refractivity contribution in [2.24, 2.45) is 5.41 Å². The molecule has 6 nitrogen and oxygen atoms in total. The third-order valence-corrected chi connectivity index (χ3v) is 6.20. The number of fused-ring (bicyclic) bond motifs is 1. The van der Waals surface area contributed by atoms with Gasteiger partial charge < -0.3 is 19.5 Å². The van der Waals surface area contributed by atoms with Crippen LogP contribution in [0.5, 0.6) is 0 Å². The van der Waals surface area contributed by atoms with Crippen LogP contribution in [0.4, 0.5) is 0 Å². The maximum atomic E-state index is 13.6. The lowest BCUT2D eigenvalue weighted by atomic mass is 9.94. The van der Waals surface area contributed by atoms with Crippen LogP contribution in [0.15, 0.2) is 54.7 Å². The molecule has 6 heteroatoms. The van der Waals surface area contributed by atoms with Crippen molar-refractivity contribution in [2.45, 2.75) is 47.1 Å². The molecule has 2 aromatic carbocycles. The highest BCUT2D eigenvalue weighted by Gasteiger charge is 2.29. The summed E-state index contributed by atoms with van der Waals surface area (Å²) in [4.78, 5) is 33.6. The summed E-state index contributed by atoms with van der Waals surface area (Å²) in [5.74, 6) is -0.0608. The third kappa shape index (κ3) is 7.43. The summed E-state index contributed by atoms with van der Waals surface area (Å²) >= 11 is 0. The molecule has 0 atom stereocenters. The highest BCUT2D eigenvalue weighted by atomic mass is 16.5. The summed E-state index contributed by atoms with van der Waals surface area (Å²) in [5.41, 5.74) is 3.99.